The minimum absolute atomic E-state index is 0.129. The van der Waals surface area contributed by atoms with Crippen LogP contribution in [0.5, 0.6) is 11.5 Å². The molecule has 8 nitrogen and oxygen atoms in total. The highest BCUT2D eigenvalue weighted by Gasteiger charge is 2.37. The fraction of sp³-hybridized carbons (Fsp3) is 0.238. The molecular weight excluding hydrogens is 410 g/mol. The Hall–Kier alpha value is -3.39. The van der Waals surface area contributed by atoms with E-state index in [4.69, 9.17) is 21.1 Å². The van der Waals surface area contributed by atoms with Crippen LogP contribution in [0.15, 0.2) is 42.2 Å². The zero-order chi connectivity index (χ0) is 21.8. The van der Waals surface area contributed by atoms with Crippen LogP contribution < -0.4 is 19.7 Å². The Morgan fingerprint density at radius 2 is 2.03 bits per heavy atom. The number of amides is 4. The van der Waals surface area contributed by atoms with Gasteiger partial charge in [0.2, 0.25) is 0 Å². The number of benzene rings is 1. The Labute approximate surface area is 178 Å². The highest BCUT2D eigenvalue weighted by atomic mass is 35.5. The number of hydrogen-bond acceptors (Lipinski definition) is 6. The van der Waals surface area contributed by atoms with E-state index in [0.29, 0.717) is 23.7 Å². The normalized spacial score (nSPS) is 15.6. The number of rotatable bonds is 6. The topological polar surface area (TPSA) is 97.8 Å². The minimum Gasteiger partial charge on any atom is -0.490 e. The third-order valence-corrected chi connectivity index (χ3v) is 4.28. The molecule has 2 aromatic rings. The predicted octanol–water partition coefficient (Wildman–Crippen LogP) is 3.59. The number of halogens is 1. The second-order valence-electron chi connectivity index (χ2n) is 6.60. The molecular formula is C21H20ClN3O5. The van der Waals surface area contributed by atoms with Crippen molar-refractivity contribution in [1.29, 1.82) is 0 Å². The molecule has 0 unspecified atom stereocenters. The van der Waals surface area contributed by atoms with Crippen LogP contribution in [0.4, 0.5) is 10.5 Å². The fourth-order valence-corrected chi connectivity index (χ4v) is 3.09. The van der Waals surface area contributed by atoms with E-state index in [1.54, 1.807) is 24.3 Å². The SMILES string of the molecule is CCOc1cc(/C=C2\C(=O)NC(=O)N(c3cccnc3)C2=O)cc(Cl)c1OC(C)C. The van der Waals surface area contributed by atoms with Crippen molar-refractivity contribution in [3.05, 3.63) is 52.8 Å². The summed E-state index contributed by atoms with van der Waals surface area (Å²) in [6.07, 6.45) is 4.08. The van der Waals surface area contributed by atoms with Crippen molar-refractivity contribution in [2.24, 2.45) is 0 Å². The van der Waals surface area contributed by atoms with Crippen LogP contribution in [-0.4, -0.2) is 35.5 Å². The van der Waals surface area contributed by atoms with Crippen LogP contribution in [0.3, 0.4) is 0 Å². The highest BCUT2D eigenvalue weighted by molar-refractivity contribution is 6.39. The van der Waals surface area contributed by atoms with Crippen molar-refractivity contribution in [3.8, 4) is 11.5 Å². The molecule has 3 rings (SSSR count). The molecule has 1 aliphatic heterocycles. The number of hydrogen-bond donors (Lipinski definition) is 1. The van der Waals surface area contributed by atoms with Crippen LogP contribution in [0, 0.1) is 0 Å². The number of pyridine rings is 1. The Kier molecular flexibility index (Phi) is 6.37. The summed E-state index contributed by atoms with van der Waals surface area (Å²) in [6.45, 7) is 5.90. The molecule has 9 heteroatoms. The molecule has 0 saturated carbocycles. The monoisotopic (exact) mass is 429 g/mol. The third kappa shape index (κ3) is 4.44. The molecule has 1 fully saturated rings. The summed E-state index contributed by atoms with van der Waals surface area (Å²) in [5.74, 6) is -0.813. The zero-order valence-corrected chi connectivity index (χ0v) is 17.4. The molecule has 0 atom stereocenters. The summed E-state index contributed by atoms with van der Waals surface area (Å²) in [4.78, 5) is 42.2. The van der Waals surface area contributed by atoms with E-state index < -0.39 is 17.8 Å². The van der Waals surface area contributed by atoms with Gasteiger partial charge in [-0.15, -0.1) is 0 Å². The summed E-state index contributed by atoms with van der Waals surface area (Å²) >= 11 is 6.36. The van der Waals surface area contributed by atoms with Crippen LogP contribution in [0.25, 0.3) is 6.08 Å². The molecule has 1 N–H and O–H groups in total. The van der Waals surface area contributed by atoms with Crippen LogP contribution in [0.1, 0.15) is 26.3 Å². The Bertz CT molecular complexity index is 1020. The van der Waals surface area contributed by atoms with Crippen LogP contribution in [-0.2, 0) is 9.59 Å². The van der Waals surface area contributed by atoms with Gasteiger partial charge in [0, 0.05) is 6.20 Å². The molecule has 0 bridgehead atoms. The van der Waals surface area contributed by atoms with Crippen molar-refractivity contribution in [3.63, 3.8) is 0 Å². The van der Waals surface area contributed by atoms with Crippen LogP contribution in [0.2, 0.25) is 5.02 Å². The Morgan fingerprint density at radius 3 is 2.67 bits per heavy atom. The second kappa shape index (κ2) is 8.96. The largest absolute Gasteiger partial charge is 0.490 e. The lowest BCUT2D eigenvalue weighted by Gasteiger charge is -2.26. The quantitative estimate of drug-likeness (QED) is 0.556. The molecule has 1 saturated heterocycles. The van der Waals surface area contributed by atoms with Crippen LogP contribution >= 0.6 is 11.6 Å². The van der Waals surface area contributed by atoms with E-state index >= 15 is 0 Å². The van der Waals surface area contributed by atoms with Crippen molar-refractivity contribution >= 4 is 41.2 Å². The summed E-state index contributed by atoms with van der Waals surface area (Å²) in [5.41, 5.74) is 0.458. The van der Waals surface area contributed by atoms with E-state index in [2.05, 4.69) is 10.3 Å². The van der Waals surface area contributed by atoms with E-state index in [-0.39, 0.29) is 22.4 Å². The molecule has 0 aliphatic carbocycles. The average molecular weight is 430 g/mol. The van der Waals surface area contributed by atoms with Gasteiger partial charge in [-0.25, -0.2) is 9.69 Å². The molecule has 0 spiro atoms. The van der Waals surface area contributed by atoms with E-state index in [1.807, 2.05) is 20.8 Å². The maximum Gasteiger partial charge on any atom is 0.336 e. The molecule has 1 aromatic heterocycles. The molecule has 0 radical (unpaired) electrons. The lowest BCUT2D eigenvalue weighted by atomic mass is 10.1. The first-order valence-electron chi connectivity index (χ1n) is 9.26. The van der Waals surface area contributed by atoms with Gasteiger partial charge in [0.15, 0.2) is 11.5 Å². The van der Waals surface area contributed by atoms with Crippen molar-refractivity contribution in [2.45, 2.75) is 26.9 Å². The standard InChI is InChI=1S/C21H20ClN3O5/c1-4-29-17-10-13(9-16(22)18(17)30-12(2)3)8-15-19(26)24-21(28)25(20(15)27)14-6-5-7-23-11-14/h5-12H,4H2,1-3H3,(H,24,26,28)/b15-8+. The van der Waals surface area contributed by atoms with Gasteiger partial charge in [-0.3, -0.25) is 19.9 Å². The number of nitrogens with one attached hydrogen (secondary N) is 1. The minimum atomic E-state index is -0.844. The smallest absolute Gasteiger partial charge is 0.336 e. The molecule has 156 valence electrons. The summed E-state index contributed by atoms with van der Waals surface area (Å²) in [6, 6.07) is 5.45. The van der Waals surface area contributed by atoms with Gasteiger partial charge in [0.25, 0.3) is 11.8 Å². The third-order valence-electron chi connectivity index (χ3n) is 4.00. The number of carbonyl (C=O) groups is 3. The molecule has 2 heterocycles. The maximum absolute atomic E-state index is 12.9. The number of urea groups is 1. The van der Waals surface area contributed by atoms with Gasteiger partial charge in [-0.05, 0) is 56.7 Å². The van der Waals surface area contributed by atoms with Crippen molar-refractivity contribution in [1.82, 2.24) is 10.3 Å². The molecule has 4 amide bonds. The Balaban J connectivity index is 2.03. The van der Waals surface area contributed by atoms with Gasteiger partial charge in [-0.1, -0.05) is 11.6 Å². The summed E-state index contributed by atoms with van der Waals surface area (Å²) in [5, 5.41) is 2.43. The molecule has 30 heavy (non-hydrogen) atoms. The summed E-state index contributed by atoms with van der Waals surface area (Å²) in [7, 11) is 0. The van der Waals surface area contributed by atoms with Gasteiger partial charge < -0.3 is 9.47 Å². The highest BCUT2D eigenvalue weighted by Crippen LogP contribution is 2.38. The maximum atomic E-state index is 12.9. The number of nitrogens with zero attached hydrogens (tertiary/aromatic N) is 2. The zero-order valence-electron chi connectivity index (χ0n) is 16.6. The first-order valence-corrected chi connectivity index (χ1v) is 9.64. The molecule has 1 aromatic carbocycles. The van der Waals surface area contributed by atoms with E-state index in [9.17, 15) is 14.4 Å². The number of barbiturate groups is 1. The fourth-order valence-electron chi connectivity index (χ4n) is 2.83. The number of aromatic nitrogens is 1. The van der Waals surface area contributed by atoms with E-state index in [0.717, 1.165) is 4.90 Å². The van der Waals surface area contributed by atoms with Gasteiger partial charge in [0.05, 0.1) is 29.6 Å². The van der Waals surface area contributed by atoms with E-state index in [1.165, 1.54) is 18.5 Å². The number of ether oxygens (including phenoxy) is 2. The lowest BCUT2D eigenvalue weighted by molar-refractivity contribution is -0.122. The number of carbonyl (C=O) groups excluding carboxylic acids is 3. The number of anilines is 1. The number of imide groups is 2. The average Bonchev–Trinajstić information content (AvgIpc) is 2.68. The van der Waals surface area contributed by atoms with Crippen molar-refractivity contribution in [2.75, 3.05) is 11.5 Å². The Morgan fingerprint density at radius 1 is 1.27 bits per heavy atom. The second-order valence-corrected chi connectivity index (χ2v) is 7.01. The first kappa shape index (κ1) is 21.3. The molecule has 1 aliphatic rings. The first-order chi connectivity index (χ1) is 14.3. The predicted molar refractivity (Wildman–Crippen MR) is 112 cm³/mol. The lowest BCUT2D eigenvalue weighted by Crippen LogP contribution is -2.54. The summed E-state index contributed by atoms with van der Waals surface area (Å²) < 4.78 is 11.3. The van der Waals surface area contributed by atoms with Gasteiger partial charge in [-0.2, -0.15) is 0 Å². The van der Waals surface area contributed by atoms with Gasteiger partial charge >= 0.3 is 6.03 Å². The van der Waals surface area contributed by atoms with Crippen molar-refractivity contribution < 1.29 is 23.9 Å². The van der Waals surface area contributed by atoms with Gasteiger partial charge in [0.1, 0.15) is 5.57 Å².